The fourth-order valence-electron chi connectivity index (χ4n) is 5.35. The topological polar surface area (TPSA) is 250 Å². The van der Waals surface area contributed by atoms with Gasteiger partial charge in [0.05, 0.1) is 19.3 Å². The van der Waals surface area contributed by atoms with Crippen LogP contribution in [-0.2, 0) is 9.47 Å². The molecule has 0 spiro atoms. The lowest BCUT2D eigenvalue weighted by molar-refractivity contribution is -0.0891. The maximum absolute atomic E-state index is 10.0. The molecule has 6 atom stereocenters. The van der Waals surface area contributed by atoms with Gasteiger partial charge in [-0.3, -0.25) is 9.13 Å². The zero-order valence-corrected chi connectivity index (χ0v) is 23.0. The summed E-state index contributed by atoms with van der Waals surface area (Å²) in [6.07, 6.45) is 14.0. The molecule has 2 aliphatic heterocycles. The van der Waals surface area contributed by atoms with Gasteiger partial charge < -0.3 is 42.6 Å². The highest BCUT2D eigenvalue weighted by Crippen LogP contribution is 2.43. The minimum absolute atomic E-state index is 0.00525. The summed E-state index contributed by atoms with van der Waals surface area (Å²) in [5.74, 6) is 5.89. The molecule has 42 heavy (non-hydrogen) atoms. The van der Waals surface area contributed by atoms with Gasteiger partial charge in [-0.05, 0) is 12.8 Å². The third kappa shape index (κ3) is 4.56. The molecule has 6 heterocycles. The lowest BCUT2D eigenvalue weighted by atomic mass is 9.87. The predicted octanol–water partition coefficient (Wildman–Crippen LogP) is -0.0375. The van der Waals surface area contributed by atoms with Gasteiger partial charge in [0.15, 0.2) is 28.5 Å². The van der Waals surface area contributed by atoms with Crippen LogP contribution in [0.25, 0.3) is 22.3 Å². The summed E-state index contributed by atoms with van der Waals surface area (Å²) in [7, 11) is 0. The first kappa shape index (κ1) is 28.8. The van der Waals surface area contributed by atoms with Crippen molar-refractivity contribution in [2.45, 2.75) is 62.9 Å². The van der Waals surface area contributed by atoms with Crippen molar-refractivity contribution in [3.63, 3.8) is 0 Å². The fourth-order valence-corrected chi connectivity index (χ4v) is 5.35. The molecular weight excluding hydrogens is 544 g/mol. The van der Waals surface area contributed by atoms with E-state index in [4.69, 9.17) is 45.3 Å². The maximum Gasteiger partial charge on any atom is 0.224 e. The second-order valence-electron chi connectivity index (χ2n) is 10.2. The Morgan fingerprint density at radius 3 is 1.76 bits per heavy atom. The Morgan fingerprint density at radius 2 is 1.36 bits per heavy atom. The minimum Gasteiger partial charge on any atom is -0.392 e. The number of ether oxygens (including phenoxy) is 2. The second-order valence-corrected chi connectivity index (χ2v) is 10.2. The number of hydrogen-bond acceptors (Lipinski definition) is 14. The number of aliphatic hydroxyl groups is 2. The van der Waals surface area contributed by atoms with E-state index in [-0.39, 0.29) is 42.1 Å². The Morgan fingerprint density at radius 1 is 0.881 bits per heavy atom. The van der Waals surface area contributed by atoms with Crippen LogP contribution in [0.1, 0.15) is 45.6 Å². The monoisotopic (exact) mass is 576 g/mol. The molecule has 4 aromatic heterocycles. The molecule has 16 heteroatoms. The molecule has 16 nitrogen and oxygen atoms in total. The number of imidazole rings is 2. The zero-order chi connectivity index (χ0) is 30.4. The van der Waals surface area contributed by atoms with E-state index in [1.807, 2.05) is 11.5 Å². The molecule has 0 amide bonds. The molecule has 2 saturated heterocycles. The molecule has 6 rings (SSSR count). The average molecular weight is 577 g/mol. The second kappa shape index (κ2) is 10.6. The molecular formula is C26H32N12O4. The van der Waals surface area contributed by atoms with Crippen LogP contribution < -0.4 is 22.9 Å². The Balaban J connectivity index is 0.000000168. The van der Waals surface area contributed by atoms with Gasteiger partial charge in [-0.25, -0.2) is 9.97 Å². The lowest BCUT2D eigenvalue weighted by Crippen LogP contribution is -2.41. The maximum atomic E-state index is 10.0. The van der Waals surface area contributed by atoms with E-state index >= 15 is 0 Å². The smallest absolute Gasteiger partial charge is 0.224 e. The Labute approximate surface area is 240 Å². The van der Waals surface area contributed by atoms with Crippen LogP contribution in [0, 0.1) is 30.6 Å². The Hall–Kier alpha value is -4.74. The number of rotatable bonds is 4. The first-order valence-electron chi connectivity index (χ1n) is 13.1. The van der Waals surface area contributed by atoms with Gasteiger partial charge in [-0.15, -0.1) is 12.8 Å². The molecule has 2 unspecified atom stereocenters. The first-order chi connectivity index (χ1) is 20.0. The lowest BCUT2D eigenvalue weighted by Gasteiger charge is -2.25. The Bertz CT molecular complexity index is 1600. The summed E-state index contributed by atoms with van der Waals surface area (Å²) in [4.78, 5) is 24.4. The van der Waals surface area contributed by atoms with E-state index in [0.29, 0.717) is 22.3 Å². The quantitative estimate of drug-likeness (QED) is 0.174. The van der Waals surface area contributed by atoms with E-state index in [1.54, 1.807) is 10.9 Å². The van der Waals surface area contributed by atoms with Gasteiger partial charge in [0, 0.05) is 12.3 Å². The third-order valence-corrected chi connectivity index (χ3v) is 7.81. The van der Waals surface area contributed by atoms with E-state index in [1.165, 1.54) is 6.33 Å². The van der Waals surface area contributed by atoms with Crippen LogP contribution >= 0.6 is 0 Å². The standard InChI is InChI=1S/C14H18N6O.C12H14N6O3/c1-4-14(5-2)8(3)6-9(21-14)20-7-17-10-11(15)18-13(16)19-12(10)20;1-2-12(4-19)6(20)3-7(21-12)18-5-15-8-9(13)16-11(14)17-10(8)18/h1,7-9H,5-6H2,2-3H3,(H4,15,16,18,19);1,5-7,19-20H,3-4H2,(H4,13,14,16,17)/t8?,9-,14-;6?,7-,12-/m11/s1. The van der Waals surface area contributed by atoms with Crippen molar-refractivity contribution in [2.75, 3.05) is 29.5 Å². The number of terminal acetylenes is 2. The van der Waals surface area contributed by atoms with E-state index < -0.39 is 30.1 Å². The minimum atomic E-state index is -1.44. The van der Waals surface area contributed by atoms with Crippen molar-refractivity contribution in [3.05, 3.63) is 12.7 Å². The van der Waals surface area contributed by atoms with Crippen molar-refractivity contribution in [1.29, 1.82) is 0 Å². The molecule has 0 aliphatic carbocycles. The number of fused-ring (bicyclic) bond motifs is 2. The number of nitrogen functional groups attached to an aromatic ring is 4. The molecule has 0 saturated carbocycles. The average Bonchev–Trinajstić information content (AvgIpc) is 3.72. The SMILES string of the molecule is C#C[C@]1(CC)O[C@@H](n2cnc3c(N)nc(N)nc32)CC1C.C#C[C@]1(CO)O[C@@H](n2cnc3c(N)nc(N)nc32)CC1O. The van der Waals surface area contributed by atoms with Crippen LogP contribution in [0.15, 0.2) is 12.7 Å². The fraction of sp³-hybridized carbons (Fsp3) is 0.462. The first-order valence-corrected chi connectivity index (χ1v) is 13.1. The molecule has 10 N–H and O–H groups in total. The highest BCUT2D eigenvalue weighted by atomic mass is 16.6. The van der Waals surface area contributed by atoms with Crippen molar-refractivity contribution < 1.29 is 19.7 Å². The number of aromatic nitrogens is 8. The number of nitrogens with zero attached hydrogens (tertiary/aromatic N) is 8. The van der Waals surface area contributed by atoms with Crippen LogP contribution in [0.4, 0.5) is 23.5 Å². The van der Waals surface area contributed by atoms with Crippen molar-refractivity contribution in [2.24, 2.45) is 5.92 Å². The molecule has 220 valence electrons. The predicted molar refractivity (Wildman–Crippen MR) is 153 cm³/mol. The number of aliphatic hydroxyl groups excluding tert-OH is 2. The van der Waals surface area contributed by atoms with Crippen molar-refractivity contribution >= 4 is 45.9 Å². The molecule has 0 aromatic carbocycles. The summed E-state index contributed by atoms with van der Waals surface area (Å²) in [5.41, 5.74) is 22.7. The van der Waals surface area contributed by atoms with Crippen molar-refractivity contribution in [3.8, 4) is 24.7 Å². The summed E-state index contributed by atoms with van der Waals surface area (Å²) in [6, 6.07) is 0. The van der Waals surface area contributed by atoms with Gasteiger partial charge >= 0.3 is 0 Å². The van der Waals surface area contributed by atoms with E-state index in [0.717, 1.165) is 12.8 Å². The number of nitrogens with two attached hydrogens (primary N) is 4. The number of anilines is 4. The number of hydrogen-bond donors (Lipinski definition) is 6. The van der Waals surface area contributed by atoms with Gasteiger partial charge in [0.1, 0.15) is 35.2 Å². The van der Waals surface area contributed by atoms with Gasteiger partial charge in [0.2, 0.25) is 11.9 Å². The summed E-state index contributed by atoms with van der Waals surface area (Å²) in [5, 5.41) is 19.4. The molecule has 4 aromatic rings. The van der Waals surface area contributed by atoms with Crippen LogP contribution in [0.2, 0.25) is 0 Å². The molecule has 2 aliphatic rings. The summed E-state index contributed by atoms with van der Waals surface area (Å²) >= 11 is 0. The molecule has 0 radical (unpaired) electrons. The molecule has 2 fully saturated rings. The van der Waals surface area contributed by atoms with E-state index in [9.17, 15) is 10.2 Å². The molecule has 0 bridgehead atoms. The van der Waals surface area contributed by atoms with Crippen molar-refractivity contribution in [1.82, 2.24) is 39.0 Å². The van der Waals surface area contributed by atoms with Gasteiger partial charge in [-0.1, -0.05) is 25.7 Å². The summed E-state index contributed by atoms with van der Waals surface area (Å²) in [6.45, 7) is 3.64. The zero-order valence-electron chi connectivity index (χ0n) is 23.0. The highest BCUT2D eigenvalue weighted by Gasteiger charge is 2.48. The van der Waals surface area contributed by atoms with Crippen LogP contribution in [-0.4, -0.2) is 73.2 Å². The van der Waals surface area contributed by atoms with Gasteiger partial charge in [0.25, 0.3) is 0 Å². The largest absolute Gasteiger partial charge is 0.392 e. The third-order valence-electron chi connectivity index (χ3n) is 7.81. The Kier molecular flexibility index (Phi) is 7.25. The summed E-state index contributed by atoms with van der Waals surface area (Å²) < 4.78 is 15.2. The van der Waals surface area contributed by atoms with Crippen LogP contribution in [0.3, 0.4) is 0 Å². The van der Waals surface area contributed by atoms with Crippen LogP contribution in [0.5, 0.6) is 0 Å². The van der Waals surface area contributed by atoms with Gasteiger partial charge in [-0.2, -0.15) is 19.9 Å². The normalized spacial score (nSPS) is 28.8. The van der Waals surface area contributed by atoms with E-state index in [2.05, 4.69) is 48.7 Å². The highest BCUT2D eigenvalue weighted by molar-refractivity contribution is 5.83.